The average Bonchev–Trinajstić information content (AvgIpc) is 3.01. The van der Waals surface area contributed by atoms with E-state index in [0.29, 0.717) is 24.4 Å². The van der Waals surface area contributed by atoms with E-state index < -0.39 is 8.32 Å². The number of allylic oxidation sites excluding steroid dienone is 3. The molecular formula is C21H26O3Si. The zero-order valence-corrected chi connectivity index (χ0v) is 16.4. The van der Waals surface area contributed by atoms with Crippen molar-refractivity contribution < 1.29 is 14.0 Å². The van der Waals surface area contributed by atoms with Crippen LogP contribution in [0.5, 0.6) is 0 Å². The Labute approximate surface area is 150 Å². The number of hydrogen-bond donors (Lipinski definition) is 0. The fraction of sp³-hybridized carbons (Fsp3) is 0.476. The quantitative estimate of drug-likeness (QED) is 0.571. The van der Waals surface area contributed by atoms with Gasteiger partial charge in [-0.25, -0.2) is 4.79 Å². The van der Waals surface area contributed by atoms with Crippen molar-refractivity contribution in [2.75, 3.05) is 6.61 Å². The first-order valence-electron chi connectivity index (χ1n) is 9.28. The van der Waals surface area contributed by atoms with Gasteiger partial charge in [0.2, 0.25) is 8.32 Å². The van der Waals surface area contributed by atoms with E-state index in [-0.39, 0.29) is 11.9 Å². The molecule has 0 heterocycles. The Morgan fingerprint density at radius 2 is 1.88 bits per heavy atom. The van der Waals surface area contributed by atoms with E-state index in [1.54, 1.807) is 0 Å². The van der Waals surface area contributed by atoms with Crippen LogP contribution in [0.25, 0.3) is 5.57 Å². The number of ether oxygens (including phenoxy) is 1. The largest absolute Gasteiger partial charge is 0.547 e. The lowest BCUT2D eigenvalue weighted by Gasteiger charge is -2.44. The lowest BCUT2D eigenvalue weighted by atomic mass is 9.61. The summed E-state index contributed by atoms with van der Waals surface area (Å²) in [6.45, 7) is 8.95. The van der Waals surface area contributed by atoms with Crippen molar-refractivity contribution in [3.63, 3.8) is 0 Å². The van der Waals surface area contributed by atoms with E-state index in [1.165, 1.54) is 11.1 Å². The predicted octanol–water partition coefficient (Wildman–Crippen LogP) is 4.63. The molecule has 1 aromatic rings. The highest BCUT2D eigenvalue weighted by molar-refractivity contribution is 6.70. The highest BCUT2D eigenvalue weighted by atomic mass is 28.4. The number of hydrogen-bond acceptors (Lipinski definition) is 3. The van der Waals surface area contributed by atoms with Crippen molar-refractivity contribution in [3.8, 4) is 0 Å². The van der Waals surface area contributed by atoms with Gasteiger partial charge in [-0.2, -0.15) is 0 Å². The molecule has 0 N–H and O–H groups in total. The third kappa shape index (κ3) is 2.67. The van der Waals surface area contributed by atoms with Crippen LogP contribution in [0, 0.1) is 23.7 Å². The second-order valence-corrected chi connectivity index (χ2v) is 12.7. The number of esters is 1. The van der Waals surface area contributed by atoms with Crippen molar-refractivity contribution in [2.24, 2.45) is 23.7 Å². The summed E-state index contributed by atoms with van der Waals surface area (Å²) in [5.74, 6) is 2.57. The van der Waals surface area contributed by atoms with E-state index in [4.69, 9.17) is 9.16 Å². The summed E-state index contributed by atoms with van der Waals surface area (Å²) < 4.78 is 11.7. The summed E-state index contributed by atoms with van der Waals surface area (Å²) in [6.07, 6.45) is 3.45. The number of rotatable bonds is 5. The summed E-state index contributed by atoms with van der Waals surface area (Å²) >= 11 is 0. The van der Waals surface area contributed by atoms with Crippen LogP contribution >= 0.6 is 0 Å². The van der Waals surface area contributed by atoms with Crippen molar-refractivity contribution in [2.45, 2.75) is 33.0 Å². The highest BCUT2D eigenvalue weighted by Crippen LogP contribution is 2.65. The van der Waals surface area contributed by atoms with Gasteiger partial charge in [0.05, 0.1) is 12.4 Å². The summed E-state index contributed by atoms with van der Waals surface area (Å²) in [5.41, 5.74) is 3.27. The van der Waals surface area contributed by atoms with E-state index in [2.05, 4.69) is 37.8 Å². The summed E-state index contributed by atoms with van der Waals surface area (Å²) in [7, 11) is -1.63. The SMILES string of the molecule is CCOC(=O)C1=C(c2ccccc2)[C@@H]2[C@H]1[C@@H]1C[C@H]2C=C1O[Si](C)(C)C. The second-order valence-electron chi connectivity index (χ2n) is 8.25. The molecule has 25 heavy (non-hydrogen) atoms. The topological polar surface area (TPSA) is 35.5 Å². The van der Waals surface area contributed by atoms with Crippen LogP contribution in [0.4, 0.5) is 0 Å². The van der Waals surface area contributed by atoms with Crippen LogP contribution in [-0.2, 0) is 14.0 Å². The summed E-state index contributed by atoms with van der Waals surface area (Å²) in [6, 6.07) is 10.3. The zero-order valence-electron chi connectivity index (χ0n) is 15.4. The molecule has 3 nitrogen and oxygen atoms in total. The Kier molecular flexibility index (Phi) is 3.91. The van der Waals surface area contributed by atoms with Crippen molar-refractivity contribution in [3.05, 3.63) is 53.3 Å². The van der Waals surface area contributed by atoms with Gasteiger partial charge in [0.1, 0.15) is 0 Å². The molecule has 1 saturated carbocycles. The van der Waals surface area contributed by atoms with Gasteiger partial charge >= 0.3 is 5.97 Å². The number of carbonyl (C=O) groups excluding carboxylic acids is 1. The van der Waals surface area contributed by atoms with Crippen molar-refractivity contribution in [1.29, 1.82) is 0 Å². The van der Waals surface area contributed by atoms with Gasteiger partial charge in [0, 0.05) is 17.4 Å². The monoisotopic (exact) mass is 354 g/mol. The van der Waals surface area contributed by atoms with Crippen LogP contribution in [0.15, 0.2) is 47.7 Å². The highest BCUT2D eigenvalue weighted by Gasteiger charge is 2.60. The maximum absolute atomic E-state index is 12.7. The molecule has 3 aliphatic carbocycles. The fourth-order valence-electron chi connectivity index (χ4n) is 4.82. The van der Waals surface area contributed by atoms with Gasteiger partial charge in [0.15, 0.2) is 0 Å². The molecule has 0 unspecified atom stereocenters. The minimum Gasteiger partial charge on any atom is -0.547 e. The van der Waals surface area contributed by atoms with Crippen LogP contribution < -0.4 is 0 Å². The maximum atomic E-state index is 12.7. The van der Waals surface area contributed by atoms with Gasteiger partial charge in [-0.1, -0.05) is 30.3 Å². The van der Waals surface area contributed by atoms with Gasteiger partial charge in [-0.15, -0.1) is 0 Å². The molecule has 4 atom stereocenters. The van der Waals surface area contributed by atoms with Gasteiger partial charge in [-0.3, -0.25) is 0 Å². The van der Waals surface area contributed by atoms with Crippen LogP contribution in [0.3, 0.4) is 0 Å². The standard InChI is InChI=1S/C21H26O3Si/c1-5-23-21(22)20-17(13-9-7-6-8-10-13)18-14-11-15(19(18)20)16(12-14)24-25(2,3)4/h6-10,12,14-15,18-19H,5,11H2,1-4H3/t14-,15+,18+,19+/m0/s1. The molecule has 0 saturated heterocycles. The van der Waals surface area contributed by atoms with Crippen LogP contribution in [-0.4, -0.2) is 20.9 Å². The molecule has 0 radical (unpaired) electrons. The Balaban J connectivity index is 1.70. The zero-order chi connectivity index (χ0) is 17.8. The summed E-state index contributed by atoms with van der Waals surface area (Å²) in [4.78, 5) is 12.7. The molecule has 0 spiro atoms. The molecule has 0 amide bonds. The van der Waals surface area contributed by atoms with Crippen molar-refractivity contribution in [1.82, 2.24) is 0 Å². The third-order valence-corrected chi connectivity index (χ3v) is 6.36. The predicted molar refractivity (Wildman–Crippen MR) is 101 cm³/mol. The molecule has 4 heteroatoms. The molecule has 0 aliphatic heterocycles. The number of fused-ring (bicyclic) bond motifs is 5. The van der Waals surface area contributed by atoms with E-state index in [9.17, 15) is 4.79 Å². The fourth-order valence-corrected chi connectivity index (χ4v) is 5.75. The first-order valence-corrected chi connectivity index (χ1v) is 12.7. The third-order valence-electron chi connectivity index (χ3n) is 5.51. The number of carbonyl (C=O) groups is 1. The maximum Gasteiger partial charge on any atom is 0.334 e. The Morgan fingerprint density at radius 1 is 1.16 bits per heavy atom. The smallest absolute Gasteiger partial charge is 0.334 e. The molecule has 4 rings (SSSR count). The van der Waals surface area contributed by atoms with Gasteiger partial charge < -0.3 is 9.16 Å². The molecular weight excluding hydrogens is 328 g/mol. The first kappa shape index (κ1) is 16.6. The van der Waals surface area contributed by atoms with Gasteiger partial charge in [-0.05, 0) is 62.0 Å². The van der Waals surface area contributed by atoms with E-state index >= 15 is 0 Å². The molecule has 1 fully saturated rings. The Hall–Kier alpha value is -1.81. The van der Waals surface area contributed by atoms with Gasteiger partial charge in [0.25, 0.3) is 0 Å². The molecule has 2 bridgehead atoms. The average molecular weight is 355 g/mol. The van der Waals surface area contributed by atoms with Crippen molar-refractivity contribution >= 4 is 19.9 Å². The second kappa shape index (κ2) is 5.87. The minimum absolute atomic E-state index is 0.137. The van der Waals surface area contributed by atoms with Crippen LogP contribution in [0.2, 0.25) is 19.6 Å². The molecule has 0 aromatic heterocycles. The Morgan fingerprint density at radius 3 is 2.52 bits per heavy atom. The molecule has 1 aromatic carbocycles. The Bertz CT molecular complexity index is 757. The minimum atomic E-state index is -1.63. The van der Waals surface area contributed by atoms with E-state index in [0.717, 1.165) is 17.8 Å². The van der Waals surface area contributed by atoms with Crippen LogP contribution in [0.1, 0.15) is 18.9 Å². The normalized spacial score (nSPS) is 29.8. The van der Waals surface area contributed by atoms with E-state index in [1.807, 2.05) is 25.1 Å². The lowest BCUT2D eigenvalue weighted by Crippen LogP contribution is -2.40. The molecule has 3 aliphatic rings. The lowest BCUT2D eigenvalue weighted by molar-refractivity contribution is -0.139. The number of benzene rings is 1. The first-order chi connectivity index (χ1) is 11.9. The summed E-state index contributed by atoms with van der Waals surface area (Å²) in [5, 5.41) is 0. The molecule has 132 valence electrons.